The highest BCUT2D eigenvalue weighted by molar-refractivity contribution is 7.21. The Morgan fingerprint density at radius 1 is 1.16 bits per heavy atom. The Hall–Kier alpha value is -3.25. The lowest BCUT2D eigenvalue weighted by Gasteiger charge is -2.31. The van der Waals surface area contributed by atoms with E-state index in [1.54, 1.807) is 19.2 Å². The number of hydrogen-bond donors (Lipinski definition) is 5. The second-order valence-electron chi connectivity index (χ2n) is 9.97. The van der Waals surface area contributed by atoms with Gasteiger partial charge in [0.1, 0.15) is 28.3 Å². The molecule has 4 unspecified atom stereocenters. The molecule has 5 rings (SSSR count). The van der Waals surface area contributed by atoms with Crippen molar-refractivity contribution in [1.29, 1.82) is 0 Å². The standard InChI is InChI=1S/C27H31FN6O3S/c1-13-5-6-17(11-19(13)28)14(2)30-26-31-15(3)21(25-32-22-16(4)29-10-8-20(22)38-25)24(33-26)34-27(37)9-7-18(12-35)23(27)36/h5-6,8,10-11,14,18,23,35-37H,7,9,12H2,1-4H3,(H2,30,31,33,34). The maximum Gasteiger partial charge on any atom is 0.225 e. The molecule has 1 aliphatic rings. The number of benzene rings is 1. The fraction of sp³-hybridized carbons (Fsp3) is 0.407. The third kappa shape index (κ3) is 4.82. The van der Waals surface area contributed by atoms with Gasteiger partial charge in [0.05, 0.1) is 27.7 Å². The zero-order chi connectivity index (χ0) is 27.2. The summed E-state index contributed by atoms with van der Waals surface area (Å²) in [5, 5.41) is 38.7. The topological polar surface area (TPSA) is 136 Å². The lowest BCUT2D eigenvalue weighted by Crippen LogP contribution is -2.48. The Balaban J connectivity index is 1.57. The Morgan fingerprint density at radius 2 is 1.95 bits per heavy atom. The second-order valence-corrected chi connectivity index (χ2v) is 11.0. The van der Waals surface area contributed by atoms with Crippen LogP contribution in [0.5, 0.6) is 0 Å². The van der Waals surface area contributed by atoms with Gasteiger partial charge in [-0.25, -0.2) is 14.4 Å². The molecule has 0 saturated heterocycles. The average Bonchev–Trinajstić information content (AvgIpc) is 3.42. The summed E-state index contributed by atoms with van der Waals surface area (Å²) in [4.78, 5) is 18.5. The molecule has 0 radical (unpaired) electrons. The molecule has 38 heavy (non-hydrogen) atoms. The molecule has 1 fully saturated rings. The van der Waals surface area contributed by atoms with Crippen LogP contribution in [-0.2, 0) is 0 Å². The van der Waals surface area contributed by atoms with E-state index in [4.69, 9.17) is 9.97 Å². The van der Waals surface area contributed by atoms with Crippen LogP contribution in [0.25, 0.3) is 20.8 Å². The van der Waals surface area contributed by atoms with Gasteiger partial charge in [-0.15, -0.1) is 11.3 Å². The highest BCUT2D eigenvalue weighted by Crippen LogP contribution is 2.41. The molecule has 9 nitrogen and oxygen atoms in total. The molecule has 1 saturated carbocycles. The molecule has 0 amide bonds. The van der Waals surface area contributed by atoms with Crippen molar-refractivity contribution in [3.05, 3.63) is 58.8 Å². The van der Waals surface area contributed by atoms with Crippen molar-refractivity contribution < 1.29 is 19.7 Å². The number of fused-ring (bicyclic) bond motifs is 1. The van der Waals surface area contributed by atoms with Gasteiger partial charge in [-0.05, 0) is 63.8 Å². The Morgan fingerprint density at radius 3 is 2.63 bits per heavy atom. The molecule has 1 aromatic carbocycles. The van der Waals surface area contributed by atoms with Crippen LogP contribution >= 0.6 is 11.3 Å². The molecule has 0 spiro atoms. The van der Waals surface area contributed by atoms with E-state index in [-0.39, 0.29) is 30.8 Å². The van der Waals surface area contributed by atoms with Crippen molar-refractivity contribution in [2.24, 2.45) is 5.92 Å². The summed E-state index contributed by atoms with van der Waals surface area (Å²) < 4.78 is 15.1. The first-order chi connectivity index (χ1) is 18.1. The van der Waals surface area contributed by atoms with Gasteiger partial charge in [-0.1, -0.05) is 12.1 Å². The predicted octanol–water partition coefficient (Wildman–Crippen LogP) is 4.25. The van der Waals surface area contributed by atoms with E-state index in [0.717, 1.165) is 21.5 Å². The van der Waals surface area contributed by atoms with Crippen LogP contribution in [0.3, 0.4) is 0 Å². The molecule has 1 aliphatic carbocycles. The number of rotatable bonds is 7. The maximum atomic E-state index is 14.2. The van der Waals surface area contributed by atoms with Gasteiger partial charge in [0.25, 0.3) is 0 Å². The average molecular weight is 539 g/mol. The minimum Gasteiger partial charge on any atom is -0.396 e. The van der Waals surface area contributed by atoms with Crippen molar-refractivity contribution in [3.8, 4) is 10.6 Å². The van der Waals surface area contributed by atoms with Crippen molar-refractivity contribution in [2.45, 2.75) is 58.4 Å². The predicted molar refractivity (Wildman–Crippen MR) is 145 cm³/mol. The van der Waals surface area contributed by atoms with Crippen LogP contribution in [0, 0.1) is 32.5 Å². The van der Waals surface area contributed by atoms with Gasteiger partial charge in [0.15, 0.2) is 5.72 Å². The summed E-state index contributed by atoms with van der Waals surface area (Å²) in [5.74, 6) is -0.172. The molecule has 200 valence electrons. The number of halogens is 1. The highest BCUT2D eigenvalue weighted by atomic mass is 32.1. The van der Waals surface area contributed by atoms with Crippen LogP contribution in [0.15, 0.2) is 30.5 Å². The third-order valence-electron chi connectivity index (χ3n) is 7.24. The number of nitrogens with zero attached hydrogens (tertiary/aromatic N) is 4. The minimum absolute atomic E-state index is 0.229. The van der Waals surface area contributed by atoms with Crippen LogP contribution in [0.2, 0.25) is 0 Å². The normalized spacial score (nSPS) is 22.1. The first kappa shape index (κ1) is 26.4. The summed E-state index contributed by atoms with van der Waals surface area (Å²) in [6.45, 7) is 7.08. The molecule has 3 heterocycles. The van der Waals surface area contributed by atoms with Gasteiger partial charge in [0.2, 0.25) is 5.95 Å². The fourth-order valence-electron chi connectivity index (χ4n) is 4.86. The fourth-order valence-corrected chi connectivity index (χ4v) is 5.97. The number of aliphatic hydroxyl groups is 3. The van der Waals surface area contributed by atoms with Gasteiger partial charge < -0.3 is 26.0 Å². The number of hydrogen-bond acceptors (Lipinski definition) is 10. The Labute approximate surface area is 223 Å². The molecule has 4 atom stereocenters. The number of anilines is 2. The van der Waals surface area contributed by atoms with Crippen molar-refractivity contribution in [2.75, 3.05) is 17.2 Å². The van der Waals surface area contributed by atoms with E-state index < -0.39 is 17.7 Å². The molecule has 4 aromatic rings. The number of thiazole rings is 1. The molecular formula is C27H31FN6O3S. The number of nitrogens with one attached hydrogen (secondary N) is 2. The van der Waals surface area contributed by atoms with Crippen LogP contribution in [0.4, 0.5) is 16.2 Å². The van der Waals surface area contributed by atoms with E-state index in [1.807, 2.05) is 32.9 Å². The number of aliphatic hydroxyl groups excluding tert-OH is 2. The second kappa shape index (κ2) is 10.1. The summed E-state index contributed by atoms with van der Waals surface area (Å²) in [6, 6.07) is 6.64. The van der Waals surface area contributed by atoms with Crippen LogP contribution < -0.4 is 10.6 Å². The number of pyridine rings is 1. The van der Waals surface area contributed by atoms with E-state index in [1.165, 1.54) is 17.4 Å². The van der Waals surface area contributed by atoms with E-state index >= 15 is 0 Å². The molecule has 11 heteroatoms. The zero-order valence-corrected chi connectivity index (χ0v) is 22.5. The van der Waals surface area contributed by atoms with Crippen LogP contribution in [-0.4, -0.2) is 53.7 Å². The number of aromatic nitrogens is 4. The monoisotopic (exact) mass is 538 g/mol. The van der Waals surface area contributed by atoms with Gasteiger partial charge in [0, 0.05) is 18.7 Å². The largest absolute Gasteiger partial charge is 0.396 e. The van der Waals surface area contributed by atoms with Crippen LogP contribution in [0.1, 0.15) is 48.3 Å². The first-order valence-electron chi connectivity index (χ1n) is 12.5. The van der Waals surface area contributed by atoms with Gasteiger partial charge >= 0.3 is 0 Å². The lowest BCUT2D eigenvalue weighted by molar-refractivity contribution is -0.0545. The maximum absolute atomic E-state index is 14.2. The van der Waals surface area contributed by atoms with Gasteiger partial charge in [-0.2, -0.15) is 4.98 Å². The molecule has 0 aliphatic heterocycles. The van der Waals surface area contributed by atoms with Gasteiger partial charge in [-0.3, -0.25) is 4.98 Å². The SMILES string of the molecule is Cc1ccc(C(C)Nc2nc(C)c(-c3nc4c(C)nccc4s3)c(NC3(O)CCC(CO)C3O)n2)cc1F. The molecular weight excluding hydrogens is 507 g/mol. The van der Waals surface area contributed by atoms with Crippen molar-refractivity contribution in [3.63, 3.8) is 0 Å². The summed E-state index contributed by atoms with van der Waals surface area (Å²) >= 11 is 1.46. The quantitative estimate of drug-likeness (QED) is 0.219. The zero-order valence-electron chi connectivity index (χ0n) is 21.7. The summed E-state index contributed by atoms with van der Waals surface area (Å²) in [5.41, 5.74) is 2.37. The van der Waals surface area contributed by atoms with Crippen molar-refractivity contribution >= 4 is 33.3 Å². The summed E-state index contributed by atoms with van der Waals surface area (Å²) in [7, 11) is 0. The summed E-state index contributed by atoms with van der Waals surface area (Å²) in [6.07, 6.45) is 1.22. The van der Waals surface area contributed by atoms with Crippen molar-refractivity contribution in [1.82, 2.24) is 19.9 Å². The third-order valence-corrected chi connectivity index (χ3v) is 8.28. The highest BCUT2D eigenvalue weighted by Gasteiger charge is 2.47. The van der Waals surface area contributed by atoms with E-state index in [2.05, 4.69) is 20.6 Å². The smallest absolute Gasteiger partial charge is 0.225 e. The Bertz CT molecular complexity index is 1500. The Kier molecular flexibility index (Phi) is 7.03. The van der Waals surface area contributed by atoms with E-state index in [0.29, 0.717) is 34.1 Å². The van der Waals surface area contributed by atoms with E-state index in [9.17, 15) is 19.7 Å². The molecule has 3 aromatic heterocycles. The number of aryl methyl sites for hydroxylation is 3. The lowest BCUT2D eigenvalue weighted by atomic mass is 10.0. The minimum atomic E-state index is -1.69. The molecule has 5 N–H and O–H groups in total. The first-order valence-corrected chi connectivity index (χ1v) is 13.3. The molecule has 0 bridgehead atoms.